The standard InChI is InChI=1S/C13H11N3O2/c17-11-3-1-10(2-4-11)13-7-12(18-15-13)8-16-6-5-14-9-16/h1-7,9,17H,8H2. The van der Waals surface area contributed by atoms with Crippen LogP contribution in [0.4, 0.5) is 0 Å². The van der Waals surface area contributed by atoms with Gasteiger partial charge in [-0.05, 0) is 24.3 Å². The van der Waals surface area contributed by atoms with Crippen molar-refractivity contribution in [1.29, 1.82) is 0 Å². The normalized spacial score (nSPS) is 10.7. The van der Waals surface area contributed by atoms with E-state index < -0.39 is 0 Å². The number of rotatable bonds is 3. The summed E-state index contributed by atoms with van der Waals surface area (Å²) in [6.07, 6.45) is 5.31. The second kappa shape index (κ2) is 4.37. The lowest BCUT2D eigenvalue weighted by Gasteiger charge is -1.95. The Hall–Kier alpha value is -2.56. The molecule has 0 spiro atoms. The number of phenols is 1. The van der Waals surface area contributed by atoms with Crippen LogP contribution in [0.25, 0.3) is 11.3 Å². The Bertz CT molecular complexity index is 627. The van der Waals surface area contributed by atoms with E-state index in [1.165, 1.54) is 0 Å². The molecule has 2 heterocycles. The fourth-order valence-electron chi connectivity index (χ4n) is 1.72. The molecule has 0 saturated carbocycles. The third kappa shape index (κ3) is 2.10. The van der Waals surface area contributed by atoms with Gasteiger partial charge in [0.15, 0.2) is 5.76 Å². The van der Waals surface area contributed by atoms with Gasteiger partial charge < -0.3 is 14.2 Å². The average Bonchev–Trinajstić information content (AvgIpc) is 3.02. The molecule has 0 aliphatic heterocycles. The van der Waals surface area contributed by atoms with Gasteiger partial charge in [0, 0.05) is 24.0 Å². The molecule has 3 aromatic rings. The molecular formula is C13H11N3O2. The lowest BCUT2D eigenvalue weighted by atomic mass is 10.1. The molecule has 0 unspecified atom stereocenters. The van der Waals surface area contributed by atoms with Crippen LogP contribution in [0.3, 0.4) is 0 Å². The molecule has 0 aliphatic rings. The summed E-state index contributed by atoms with van der Waals surface area (Å²) in [5, 5.41) is 13.2. The molecule has 5 heteroatoms. The monoisotopic (exact) mass is 241 g/mol. The van der Waals surface area contributed by atoms with E-state index >= 15 is 0 Å². The summed E-state index contributed by atoms with van der Waals surface area (Å²) >= 11 is 0. The molecule has 2 aromatic heterocycles. The molecular weight excluding hydrogens is 230 g/mol. The van der Waals surface area contributed by atoms with Crippen molar-refractivity contribution in [3.63, 3.8) is 0 Å². The highest BCUT2D eigenvalue weighted by Crippen LogP contribution is 2.21. The fraction of sp³-hybridized carbons (Fsp3) is 0.0769. The smallest absolute Gasteiger partial charge is 0.157 e. The van der Waals surface area contributed by atoms with Crippen molar-refractivity contribution in [3.05, 3.63) is 54.8 Å². The first-order chi connectivity index (χ1) is 8.81. The van der Waals surface area contributed by atoms with Crippen LogP contribution < -0.4 is 0 Å². The largest absolute Gasteiger partial charge is 0.508 e. The predicted octanol–water partition coefficient (Wildman–Crippen LogP) is 2.29. The van der Waals surface area contributed by atoms with E-state index in [-0.39, 0.29) is 5.75 Å². The number of nitrogens with zero attached hydrogens (tertiary/aromatic N) is 3. The van der Waals surface area contributed by atoms with Gasteiger partial charge in [-0.2, -0.15) is 0 Å². The minimum absolute atomic E-state index is 0.237. The fourth-order valence-corrected chi connectivity index (χ4v) is 1.72. The SMILES string of the molecule is Oc1ccc(-c2cc(Cn3ccnc3)on2)cc1. The molecule has 5 nitrogen and oxygen atoms in total. The van der Waals surface area contributed by atoms with Gasteiger partial charge in [0.2, 0.25) is 0 Å². The second-order valence-electron chi connectivity index (χ2n) is 3.96. The quantitative estimate of drug-likeness (QED) is 0.764. The zero-order valence-corrected chi connectivity index (χ0v) is 9.52. The summed E-state index contributed by atoms with van der Waals surface area (Å²) in [6, 6.07) is 8.73. The topological polar surface area (TPSA) is 64.1 Å². The number of hydrogen-bond donors (Lipinski definition) is 1. The highest BCUT2D eigenvalue weighted by Gasteiger charge is 2.06. The van der Waals surface area contributed by atoms with Crippen molar-refractivity contribution in [2.24, 2.45) is 0 Å². The molecule has 0 saturated heterocycles. The summed E-state index contributed by atoms with van der Waals surface area (Å²) in [4.78, 5) is 3.97. The first-order valence-corrected chi connectivity index (χ1v) is 5.52. The summed E-state index contributed by atoms with van der Waals surface area (Å²) < 4.78 is 7.17. The van der Waals surface area contributed by atoms with Gasteiger partial charge in [-0.15, -0.1) is 0 Å². The van der Waals surface area contributed by atoms with Gasteiger partial charge in [-0.1, -0.05) is 5.16 Å². The maximum Gasteiger partial charge on any atom is 0.157 e. The number of phenolic OH excluding ortho intramolecular Hbond substituents is 1. The lowest BCUT2D eigenvalue weighted by molar-refractivity contribution is 0.378. The third-order valence-corrected chi connectivity index (χ3v) is 2.62. The van der Waals surface area contributed by atoms with Crippen LogP contribution in [0, 0.1) is 0 Å². The molecule has 3 rings (SSSR count). The van der Waals surface area contributed by atoms with Gasteiger partial charge in [-0.25, -0.2) is 4.98 Å². The highest BCUT2D eigenvalue weighted by molar-refractivity contribution is 5.59. The Morgan fingerprint density at radius 3 is 2.78 bits per heavy atom. The van der Waals surface area contributed by atoms with E-state index in [2.05, 4.69) is 10.1 Å². The Morgan fingerprint density at radius 1 is 1.22 bits per heavy atom. The van der Waals surface area contributed by atoms with Gasteiger partial charge >= 0.3 is 0 Å². The molecule has 90 valence electrons. The van der Waals surface area contributed by atoms with Gasteiger partial charge in [-0.3, -0.25) is 0 Å². The van der Waals surface area contributed by atoms with Gasteiger partial charge in [0.05, 0.1) is 12.9 Å². The van der Waals surface area contributed by atoms with Crippen molar-refractivity contribution in [1.82, 2.24) is 14.7 Å². The van der Waals surface area contributed by atoms with Crippen molar-refractivity contribution in [3.8, 4) is 17.0 Å². The van der Waals surface area contributed by atoms with E-state index in [1.54, 1.807) is 36.8 Å². The van der Waals surface area contributed by atoms with E-state index in [1.807, 2.05) is 16.8 Å². The average molecular weight is 241 g/mol. The molecule has 0 atom stereocenters. The second-order valence-corrected chi connectivity index (χ2v) is 3.96. The minimum Gasteiger partial charge on any atom is -0.508 e. The zero-order chi connectivity index (χ0) is 12.4. The predicted molar refractivity (Wildman–Crippen MR) is 64.9 cm³/mol. The van der Waals surface area contributed by atoms with Gasteiger partial charge in [0.25, 0.3) is 0 Å². The summed E-state index contributed by atoms with van der Waals surface area (Å²) in [6.45, 7) is 0.602. The Labute approximate surface area is 103 Å². The van der Waals surface area contributed by atoms with Crippen molar-refractivity contribution in [2.45, 2.75) is 6.54 Å². The summed E-state index contributed by atoms with van der Waals surface area (Å²) in [5.74, 6) is 0.997. The zero-order valence-electron chi connectivity index (χ0n) is 9.52. The van der Waals surface area contributed by atoms with Crippen LogP contribution in [0.2, 0.25) is 0 Å². The van der Waals surface area contributed by atoms with Crippen LogP contribution in [-0.2, 0) is 6.54 Å². The molecule has 1 N–H and O–H groups in total. The number of aromatic nitrogens is 3. The van der Waals surface area contributed by atoms with Gasteiger partial charge in [0.1, 0.15) is 11.4 Å². The Morgan fingerprint density at radius 2 is 2.06 bits per heavy atom. The number of hydrogen-bond acceptors (Lipinski definition) is 4. The summed E-state index contributed by atoms with van der Waals surface area (Å²) in [5.41, 5.74) is 1.67. The van der Waals surface area contributed by atoms with Crippen molar-refractivity contribution < 1.29 is 9.63 Å². The number of imidazole rings is 1. The molecule has 0 aliphatic carbocycles. The highest BCUT2D eigenvalue weighted by atomic mass is 16.5. The molecule has 1 aromatic carbocycles. The third-order valence-electron chi connectivity index (χ3n) is 2.62. The molecule has 0 radical (unpaired) electrons. The maximum atomic E-state index is 9.23. The molecule has 0 amide bonds. The van der Waals surface area contributed by atoms with Crippen molar-refractivity contribution >= 4 is 0 Å². The molecule has 18 heavy (non-hydrogen) atoms. The first kappa shape index (κ1) is 10.6. The van der Waals surface area contributed by atoms with Crippen LogP contribution in [0.15, 0.2) is 53.6 Å². The molecule has 0 bridgehead atoms. The van der Waals surface area contributed by atoms with Crippen molar-refractivity contribution in [2.75, 3.05) is 0 Å². The van der Waals surface area contributed by atoms with Crippen LogP contribution in [0.5, 0.6) is 5.75 Å². The minimum atomic E-state index is 0.237. The lowest BCUT2D eigenvalue weighted by Crippen LogP contribution is -1.93. The summed E-state index contributed by atoms with van der Waals surface area (Å²) in [7, 11) is 0. The maximum absolute atomic E-state index is 9.23. The Balaban J connectivity index is 1.83. The van der Waals surface area contributed by atoms with Crippen LogP contribution in [-0.4, -0.2) is 19.8 Å². The van der Waals surface area contributed by atoms with Crippen LogP contribution >= 0.6 is 0 Å². The Kier molecular flexibility index (Phi) is 2.57. The van der Waals surface area contributed by atoms with E-state index in [9.17, 15) is 5.11 Å². The van der Waals surface area contributed by atoms with E-state index in [0.29, 0.717) is 6.54 Å². The molecule has 0 fully saturated rings. The van der Waals surface area contributed by atoms with Crippen LogP contribution in [0.1, 0.15) is 5.76 Å². The first-order valence-electron chi connectivity index (χ1n) is 5.52. The number of aromatic hydroxyl groups is 1. The number of benzene rings is 1. The van der Waals surface area contributed by atoms with E-state index in [0.717, 1.165) is 17.0 Å². The van der Waals surface area contributed by atoms with E-state index in [4.69, 9.17) is 4.52 Å².